The van der Waals surface area contributed by atoms with Crippen molar-refractivity contribution in [2.45, 2.75) is 38.5 Å². The van der Waals surface area contributed by atoms with E-state index in [1.54, 1.807) is 32.0 Å². The summed E-state index contributed by atoms with van der Waals surface area (Å²) in [6, 6.07) is 5.20. The summed E-state index contributed by atoms with van der Waals surface area (Å²) in [6.07, 6.45) is 0.594. The summed E-state index contributed by atoms with van der Waals surface area (Å²) in [7, 11) is 0. The minimum atomic E-state index is -0.935. The molecule has 1 aromatic rings. The van der Waals surface area contributed by atoms with E-state index in [1.807, 2.05) is 6.92 Å². The van der Waals surface area contributed by atoms with Crippen molar-refractivity contribution in [2.24, 2.45) is 4.99 Å². The number of nitro benzene ring substituents is 1. The largest absolute Gasteiger partial charge is 0.463 e. The Kier molecular flexibility index (Phi) is 5.31. The van der Waals surface area contributed by atoms with E-state index in [4.69, 9.17) is 4.74 Å². The van der Waals surface area contributed by atoms with Gasteiger partial charge in [0.2, 0.25) is 5.91 Å². The quantitative estimate of drug-likeness (QED) is 0.435. The van der Waals surface area contributed by atoms with Crippen LogP contribution in [0.5, 0.6) is 0 Å². The Bertz CT molecular complexity index is 880. The minimum absolute atomic E-state index is 0.149. The summed E-state index contributed by atoms with van der Waals surface area (Å²) in [5.41, 5.74) is 0.666. The number of hydrogen-bond acceptors (Lipinski definition) is 7. The van der Waals surface area contributed by atoms with Crippen molar-refractivity contribution >= 4 is 34.5 Å². The molecule has 8 nitrogen and oxygen atoms in total. The predicted molar refractivity (Wildman–Crippen MR) is 101 cm³/mol. The lowest BCUT2D eigenvalue weighted by Gasteiger charge is -2.32. The molecule has 9 heteroatoms. The molecule has 1 fully saturated rings. The van der Waals surface area contributed by atoms with Crippen LogP contribution in [0.3, 0.4) is 0 Å². The smallest absolute Gasteiger partial charge is 0.338 e. The molecule has 2 unspecified atom stereocenters. The normalized spacial score (nSPS) is 21.8. The summed E-state index contributed by atoms with van der Waals surface area (Å²) < 4.78 is 5.16. The molecule has 1 aromatic carbocycles. The molecule has 142 valence electrons. The summed E-state index contributed by atoms with van der Waals surface area (Å²) in [5.74, 6) is -0.836. The first-order chi connectivity index (χ1) is 12.9. The zero-order valence-electron chi connectivity index (χ0n) is 15.2. The van der Waals surface area contributed by atoms with Gasteiger partial charge < -0.3 is 4.74 Å². The van der Waals surface area contributed by atoms with Gasteiger partial charge in [0.05, 0.1) is 33.6 Å². The number of ether oxygens (including phenoxy) is 1. The zero-order valence-corrected chi connectivity index (χ0v) is 16.0. The van der Waals surface area contributed by atoms with Gasteiger partial charge in [-0.25, -0.2) is 9.79 Å². The molecule has 0 spiro atoms. The molecule has 2 atom stereocenters. The van der Waals surface area contributed by atoms with Gasteiger partial charge in [-0.15, -0.1) is 0 Å². The molecule has 2 aliphatic rings. The van der Waals surface area contributed by atoms with Crippen LogP contribution in [0.1, 0.15) is 38.8 Å². The summed E-state index contributed by atoms with van der Waals surface area (Å²) >= 11 is 1.32. The van der Waals surface area contributed by atoms with Gasteiger partial charge >= 0.3 is 5.97 Å². The number of hydrogen-bond donors (Lipinski definition) is 0. The van der Waals surface area contributed by atoms with Crippen LogP contribution in [0, 0.1) is 10.1 Å². The number of benzene rings is 1. The number of carbonyl (C=O) groups excluding carboxylic acids is 2. The van der Waals surface area contributed by atoms with Gasteiger partial charge in [0.1, 0.15) is 6.04 Å². The van der Waals surface area contributed by atoms with Crippen molar-refractivity contribution in [1.29, 1.82) is 0 Å². The van der Waals surface area contributed by atoms with Crippen molar-refractivity contribution in [3.63, 3.8) is 0 Å². The predicted octanol–water partition coefficient (Wildman–Crippen LogP) is 3.20. The molecule has 0 N–H and O–H groups in total. The lowest BCUT2D eigenvalue weighted by atomic mass is 9.93. The van der Waals surface area contributed by atoms with Crippen LogP contribution < -0.4 is 0 Å². The average molecular weight is 389 g/mol. The molecule has 2 heterocycles. The van der Waals surface area contributed by atoms with Crippen molar-refractivity contribution in [3.05, 3.63) is 51.2 Å². The Balaban J connectivity index is 2.22. The number of para-hydroxylation sites is 1. The van der Waals surface area contributed by atoms with E-state index in [-0.39, 0.29) is 34.6 Å². The Morgan fingerprint density at radius 2 is 2.07 bits per heavy atom. The number of aliphatic imine (C=N–C) groups is 1. The Morgan fingerprint density at radius 3 is 2.70 bits per heavy atom. The van der Waals surface area contributed by atoms with Gasteiger partial charge in [0.25, 0.3) is 5.69 Å². The van der Waals surface area contributed by atoms with Crippen LogP contribution in [0.25, 0.3) is 0 Å². The number of fused-ring (bicyclic) bond motifs is 1. The van der Waals surface area contributed by atoms with E-state index < -0.39 is 16.9 Å². The Morgan fingerprint density at radius 1 is 1.37 bits per heavy atom. The number of allylic oxidation sites excluding steroid dienone is 1. The molecular weight excluding hydrogens is 370 g/mol. The highest BCUT2D eigenvalue weighted by molar-refractivity contribution is 8.15. The average Bonchev–Trinajstić information content (AvgIpc) is 2.96. The fraction of sp³-hybridized carbons (Fsp3) is 0.389. The molecular formula is C18H19N3O5S. The molecule has 0 bridgehead atoms. The number of esters is 1. The Labute approximate surface area is 160 Å². The highest BCUT2D eigenvalue weighted by Crippen LogP contribution is 2.45. The highest BCUT2D eigenvalue weighted by atomic mass is 32.2. The van der Waals surface area contributed by atoms with Crippen LogP contribution in [0.4, 0.5) is 5.69 Å². The summed E-state index contributed by atoms with van der Waals surface area (Å²) in [4.78, 5) is 42.5. The van der Waals surface area contributed by atoms with Crippen LogP contribution in [0.15, 0.2) is 40.5 Å². The molecule has 0 aliphatic carbocycles. The number of thioether (sulfide) groups is 1. The lowest BCUT2D eigenvalue weighted by Crippen LogP contribution is -2.41. The molecule has 2 aliphatic heterocycles. The minimum Gasteiger partial charge on any atom is -0.463 e. The van der Waals surface area contributed by atoms with Crippen LogP contribution in [0.2, 0.25) is 0 Å². The zero-order chi connectivity index (χ0) is 19.7. The monoisotopic (exact) mass is 389 g/mol. The number of nitrogens with zero attached hydrogens (tertiary/aromatic N) is 3. The first-order valence-electron chi connectivity index (χ1n) is 8.60. The van der Waals surface area contributed by atoms with Crippen LogP contribution in [-0.4, -0.2) is 38.7 Å². The van der Waals surface area contributed by atoms with Crippen LogP contribution >= 0.6 is 11.8 Å². The van der Waals surface area contributed by atoms with E-state index in [0.717, 1.165) is 0 Å². The third-order valence-electron chi connectivity index (χ3n) is 4.45. The van der Waals surface area contributed by atoms with Crippen molar-refractivity contribution in [3.8, 4) is 0 Å². The molecule has 1 amide bonds. The molecule has 0 radical (unpaired) electrons. The maximum Gasteiger partial charge on any atom is 0.338 e. The van der Waals surface area contributed by atoms with E-state index in [9.17, 15) is 19.7 Å². The SMILES string of the molecule is CCOC(=O)C1=C(C)N=C2SC(CC)C(=O)N2C1c1ccccc1[N+](=O)[O-]. The van der Waals surface area contributed by atoms with E-state index in [1.165, 1.54) is 22.7 Å². The van der Waals surface area contributed by atoms with Gasteiger partial charge in [-0.05, 0) is 26.3 Å². The number of amidine groups is 1. The summed E-state index contributed by atoms with van der Waals surface area (Å²) in [5, 5.41) is 11.7. The maximum absolute atomic E-state index is 12.9. The van der Waals surface area contributed by atoms with Crippen molar-refractivity contribution < 1.29 is 19.2 Å². The van der Waals surface area contributed by atoms with E-state index in [2.05, 4.69) is 4.99 Å². The van der Waals surface area contributed by atoms with E-state index >= 15 is 0 Å². The van der Waals surface area contributed by atoms with Crippen molar-refractivity contribution in [1.82, 2.24) is 4.90 Å². The number of carbonyl (C=O) groups is 2. The van der Waals surface area contributed by atoms with Gasteiger partial charge in [0.15, 0.2) is 5.17 Å². The molecule has 3 rings (SSSR count). The second kappa shape index (κ2) is 7.51. The lowest BCUT2D eigenvalue weighted by molar-refractivity contribution is -0.385. The fourth-order valence-electron chi connectivity index (χ4n) is 3.24. The first kappa shape index (κ1) is 19.1. The highest BCUT2D eigenvalue weighted by Gasteiger charge is 2.48. The number of rotatable bonds is 5. The van der Waals surface area contributed by atoms with Gasteiger partial charge in [-0.3, -0.25) is 19.8 Å². The maximum atomic E-state index is 12.9. The Hall–Kier alpha value is -2.68. The van der Waals surface area contributed by atoms with Crippen molar-refractivity contribution in [2.75, 3.05) is 6.61 Å². The summed E-state index contributed by atoms with van der Waals surface area (Å²) in [6.45, 7) is 5.37. The molecule has 1 saturated heterocycles. The first-order valence-corrected chi connectivity index (χ1v) is 9.48. The molecule has 0 aromatic heterocycles. The second-order valence-corrected chi connectivity index (χ2v) is 7.23. The molecule has 0 saturated carbocycles. The topological polar surface area (TPSA) is 102 Å². The number of amides is 1. The van der Waals surface area contributed by atoms with E-state index in [0.29, 0.717) is 17.3 Å². The fourth-order valence-corrected chi connectivity index (χ4v) is 4.37. The van der Waals surface area contributed by atoms with Gasteiger partial charge in [0, 0.05) is 6.07 Å². The van der Waals surface area contributed by atoms with Crippen LogP contribution in [-0.2, 0) is 14.3 Å². The third-order valence-corrected chi connectivity index (χ3v) is 5.76. The third kappa shape index (κ3) is 3.23. The van der Waals surface area contributed by atoms with Gasteiger partial charge in [-0.2, -0.15) is 0 Å². The second-order valence-electron chi connectivity index (χ2n) is 6.06. The number of nitro groups is 1. The molecule has 27 heavy (non-hydrogen) atoms. The van der Waals surface area contributed by atoms with Gasteiger partial charge in [-0.1, -0.05) is 30.8 Å². The standard InChI is InChI=1S/C18H19N3O5S/c1-4-13-16(22)20-15(11-8-6-7-9-12(11)21(24)25)14(17(23)26-5-2)10(3)19-18(20)27-13/h6-9,13,15H,4-5H2,1-3H3.